The molecule has 0 radical (unpaired) electrons. The Morgan fingerprint density at radius 2 is 1.90 bits per heavy atom. The van der Waals surface area contributed by atoms with Crippen molar-refractivity contribution in [2.45, 2.75) is 50.2 Å². The smallest absolute Gasteiger partial charge is 0.344 e. The first-order valence-electron chi connectivity index (χ1n) is 7.60. The van der Waals surface area contributed by atoms with Crippen LogP contribution >= 0.6 is 0 Å². The van der Waals surface area contributed by atoms with Crippen molar-refractivity contribution in [3.05, 3.63) is 12.7 Å². The molecule has 0 aromatic carbocycles. The molecule has 5 nitrogen and oxygen atoms in total. The summed E-state index contributed by atoms with van der Waals surface area (Å²) in [4.78, 5) is 23.0. The Kier molecular flexibility index (Phi) is 3.35. The molecule has 116 valence electrons. The second kappa shape index (κ2) is 4.83. The molecule has 3 atom stereocenters. The molecule has 0 aromatic rings. The van der Waals surface area contributed by atoms with Crippen LogP contribution in [0.4, 0.5) is 0 Å². The second-order valence-electron chi connectivity index (χ2n) is 6.96. The number of hydrogen-bond acceptors (Lipinski definition) is 5. The molecule has 4 aliphatic rings. The van der Waals surface area contributed by atoms with Gasteiger partial charge in [0.25, 0.3) is 0 Å². The van der Waals surface area contributed by atoms with Crippen LogP contribution in [0.2, 0.25) is 0 Å². The first-order chi connectivity index (χ1) is 9.87. The fourth-order valence-electron chi connectivity index (χ4n) is 4.91. The van der Waals surface area contributed by atoms with Crippen LogP contribution in [-0.4, -0.2) is 34.9 Å². The van der Waals surface area contributed by atoms with Gasteiger partial charge in [-0.3, -0.25) is 0 Å². The van der Waals surface area contributed by atoms with E-state index in [2.05, 4.69) is 6.58 Å². The lowest BCUT2D eigenvalue weighted by Crippen LogP contribution is -2.66. The van der Waals surface area contributed by atoms with E-state index in [9.17, 15) is 14.7 Å². The van der Waals surface area contributed by atoms with Crippen molar-refractivity contribution < 1.29 is 24.2 Å². The molecule has 0 amide bonds. The van der Waals surface area contributed by atoms with Crippen LogP contribution in [0.15, 0.2) is 12.7 Å². The number of carbonyl (C=O) groups excluding carboxylic acids is 2. The highest BCUT2D eigenvalue weighted by Crippen LogP contribution is 2.61. The maximum absolute atomic E-state index is 12.0. The van der Waals surface area contributed by atoms with Gasteiger partial charge in [-0.25, -0.2) is 9.59 Å². The van der Waals surface area contributed by atoms with Gasteiger partial charge in [0.05, 0.1) is 5.60 Å². The van der Waals surface area contributed by atoms with E-state index in [4.69, 9.17) is 9.47 Å². The van der Waals surface area contributed by atoms with Crippen molar-refractivity contribution in [3.63, 3.8) is 0 Å². The first kappa shape index (κ1) is 14.6. The van der Waals surface area contributed by atoms with E-state index >= 15 is 0 Å². The number of hydrogen-bond donors (Lipinski definition) is 1. The monoisotopic (exact) mass is 294 g/mol. The van der Waals surface area contributed by atoms with Crippen molar-refractivity contribution in [1.82, 2.24) is 0 Å². The normalized spacial score (nSPS) is 43.4. The Balaban J connectivity index is 1.70. The highest BCUT2D eigenvalue weighted by Gasteiger charge is 2.63. The molecule has 1 N–H and O–H groups in total. The number of rotatable bonds is 4. The first-order valence-corrected chi connectivity index (χ1v) is 7.60. The summed E-state index contributed by atoms with van der Waals surface area (Å²) in [5, 5.41) is 10.8. The molecule has 4 fully saturated rings. The molecule has 4 aliphatic carbocycles. The maximum Gasteiger partial charge on any atom is 0.344 e. The molecule has 4 rings (SSSR count). The van der Waals surface area contributed by atoms with E-state index in [1.165, 1.54) is 0 Å². The molecule has 0 saturated heterocycles. The molecule has 21 heavy (non-hydrogen) atoms. The van der Waals surface area contributed by atoms with Gasteiger partial charge in [0.15, 0.2) is 6.61 Å². The largest absolute Gasteiger partial charge is 0.456 e. The van der Waals surface area contributed by atoms with Crippen LogP contribution in [0.5, 0.6) is 0 Å². The second-order valence-corrected chi connectivity index (χ2v) is 6.96. The van der Waals surface area contributed by atoms with Crippen LogP contribution in [0.25, 0.3) is 0 Å². The van der Waals surface area contributed by atoms with Crippen molar-refractivity contribution in [3.8, 4) is 0 Å². The van der Waals surface area contributed by atoms with Gasteiger partial charge in [-0.1, -0.05) is 13.5 Å². The summed E-state index contributed by atoms with van der Waals surface area (Å²) < 4.78 is 10.4. The summed E-state index contributed by atoms with van der Waals surface area (Å²) in [6, 6.07) is 0. The van der Waals surface area contributed by atoms with Gasteiger partial charge >= 0.3 is 11.9 Å². The van der Waals surface area contributed by atoms with Gasteiger partial charge in [0.2, 0.25) is 0 Å². The fourth-order valence-corrected chi connectivity index (χ4v) is 4.91. The summed E-state index contributed by atoms with van der Waals surface area (Å²) in [5.74, 6) is -0.381. The Bertz CT molecular complexity index is 469. The van der Waals surface area contributed by atoms with Crippen molar-refractivity contribution >= 4 is 11.9 Å². The topological polar surface area (TPSA) is 72.8 Å². The number of carbonyl (C=O) groups is 2. The summed E-state index contributed by atoms with van der Waals surface area (Å²) in [6.07, 6.45) is 5.40. The minimum Gasteiger partial charge on any atom is -0.456 e. The Labute approximate surface area is 124 Å². The molecule has 0 aliphatic heterocycles. The molecule has 3 unspecified atom stereocenters. The lowest BCUT2D eigenvalue weighted by atomic mass is 9.48. The predicted octanol–water partition coefficient (Wildman–Crippen LogP) is 1.59. The summed E-state index contributed by atoms with van der Waals surface area (Å²) in [7, 11) is 0. The van der Waals surface area contributed by atoms with Crippen molar-refractivity contribution in [2.24, 2.45) is 17.8 Å². The number of ether oxygens (including phenoxy) is 2. The third kappa shape index (κ3) is 2.37. The highest BCUT2D eigenvalue weighted by atomic mass is 16.6. The van der Waals surface area contributed by atoms with Gasteiger partial charge in [-0.05, 0) is 43.9 Å². The van der Waals surface area contributed by atoms with Crippen LogP contribution in [0.3, 0.4) is 0 Å². The zero-order valence-corrected chi connectivity index (χ0v) is 12.3. The molecular formula is C16H22O5. The number of esters is 2. The van der Waals surface area contributed by atoms with Crippen LogP contribution < -0.4 is 0 Å². The summed E-state index contributed by atoms with van der Waals surface area (Å²) in [5.41, 5.74) is -1.29. The van der Waals surface area contributed by atoms with Crippen molar-refractivity contribution in [1.29, 1.82) is 0 Å². The summed E-state index contributed by atoms with van der Waals surface area (Å²) >= 11 is 0. The SMILES string of the molecule is C=CC(=O)OCC(=O)OC12CC3CC(CC(O)(C3)C1C)C2. The maximum atomic E-state index is 12.0. The standard InChI is InChI=1S/C16H22O5/c1-3-13(17)20-9-14(18)21-16-7-11-4-12(8-16)6-15(19,5-11)10(16)2/h3,10-12,19H,1,4-9H2,2H3. The van der Waals surface area contributed by atoms with E-state index in [-0.39, 0.29) is 5.92 Å². The molecule has 5 heteroatoms. The van der Waals surface area contributed by atoms with Gasteiger partial charge in [0, 0.05) is 12.0 Å². The Morgan fingerprint density at radius 1 is 1.29 bits per heavy atom. The molecule has 0 aromatic heterocycles. The van der Waals surface area contributed by atoms with Gasteiger partial charge in [0.1, 0.15) is 5.60 Å². The van der Waals surface area contributed by atoms with Gasteiger partial charge < -0.3 is 14.6 Å². The predicted molar refractivity (Wildman–Crippen MR) is 74.2 cm³/mol. The Hall–Kier alpha value is -1.36. The van der Waals surface area contributed by atoms with Crippen LogP contribution in [0.1, 0.15) is 39.0 Å². The lowest BCUT2D eigenvalue weighted by Gasteiger charge is -2.62. The number of aliphatic hydroxyl groups is 1. The average molecular weight is 294 g/mol. The molecule has 4 saturated carbocycles. The molecule has 4 bridgehead atoms. The van der Waals surface area contributed by atoms with E-state index in [1.807, 2.05) is 6.92 Å². The minimum absolute atomic E-state index is 0.0724. The van der Waals surface area contributed by atoms with Gasteiger partial charge in [-0.2, -0.15) is 0 Å². The van der Waals surface area contributed by atoms with E-state index in [1.54, 1.807) is 0 Å². The van der Waals surface area contributed by atoms with Crippen molar-refractivity contribution in [2.75, 3.05) is 6.61 Å². The zero-order chi connectivity index (χ0) is 15.3. The minimum atomic E-state index is -0.706. The third-order valence-corrected chi connectivity index (χ3v) is 5.63. The molecule has 0 heterocycles. The highest BCUT2D eigenvalue weighted by molar-refractivity contribution is 5.83. The molecular weight excluding hydrogens is 272 g/mol. The van der Waals surface area contributed by atoms with E-state index in [0.717, 1.165) is 38.2 Å². The lowest BCUT2D eigenvalue weighted by molar-refractivity contribution is -0.252. The van der Waals surface area contributed by atoms with Crippen LogP contribution in [-0.2, 0) is 19.1 Å². The molecule has 0 spiro atoms. The quantitative estimate of drug-likeness (QED) is 0.629. The Morgan fingerprint density at radius 3 is 2.48 bits per heavy atom. The van der Waals surface area contributed by atoms with Crippen LogP contribution in [0, 0.1) is 17.8 Å². The summed E-state index contributed by atoms with van der Waals surface area (Å²) in [6.45, 7) is 4.86. The van der Waals surface area contributed by atoms with E-state index < -0.39 is 29.7 Å². The third-order valence-electron chi connectivity index (χ3n) is 5.63. The zero-order valence-electron chi connectivity index (χ0n) is 12.3. The average Bonchev–Trinajstić information content (AvgIpc) is 2.41. The fraction of sp³-hybridized carbons (Fsp3) is 0.750. The van der Waals surface area contributed by atoms with Gasteiger partial charge in [-0.15, -0.1) is 0 Å². The van der Waals surface area contributed by atoms with E-state index in [0.29, 0.717) is 11.8 Å².